The first-order valence-corrected chi connectivity index (χ1v) is 11.9. The van der Waals surface area contributed by atoms with Crippen molar-refractivity contribution in [1.29, 1.82) is 0 Å². The second-order valence-corrected chi connectivity index (χ2v) is 8.90. The van der Waals surface area contributed by atoms with E-state index in [1.165, 1.54) is 18.3 Å². The number of ether oxygens (including phenoxy) is 1. The van der Waals surface area contributed by atoms with Crippen LogP contribution in [0.2, 0.25) is 10.0 Å². The average molecular weight is 534 g/mol. The van der Waals surface area contributed by atoms with Gasteiger partial charge in [0.1, 0.15) is 5.75 Å². The number of rotatable bonds is 7. The summed E-state index contributed by atoms with van der Waals surface area (Å²) in [5, 5.41) is 8.74. The molecule has 4 rings (SSSR count). The Balaban J connectivity index is 1.48. The molecule has 4 aromatic carbocycles. The Kier molecular flexibility index (Phi) is 8.18. The number of hydrogen-bond donors (Lipinski definition) is 2. The van der Waals surface area contributed by atoms with Crippen LogP contribution in [0.4, 0.5) is 0 Å². The van der Waals surface area contributed by atoms with E-state index in [9.17, 15) is 14.4 Å². The van der Waals surface area contributed by atoms with Gasteiger partial charge in [0.25, 0.3) is 11.8 Å². The molecule has 0 bridgehead atoms. The minimum Gasteiger partial charge on any atom is -0.422 e. The second-order valence-electron chi connectivity index (χ2n) is 8.05. The number of aryl methyl sites for hydroxylation is 1. The molecule has 0 fully saturated rings. The Morgan fingerprint density at radius 1 is 0.946 bits per heavy atom. The monoisotopic (exact) mass is 533 g/mol. The third-order valence-electron chi connectivity index (χ3n) is 5.39. The van der Waals surface area contributed by atoms with Crippen LogP contribution < -0.4 is 15.5 Å². The van der Waals surface area contributed by atoms with Gasteiger partial charge in [0.15, 0.2) is 0 Å². The van der Waals surface area contributed by atoms with E-state index in [0.29, 0.717) is 16.1 Å². The van der Waals surface area contributed by atoms with Gasteiger partial charge in [0.2, 0.25) is 0 Å². The fraction of sp³-hybridized carbons (Fsp3) is 0.0714. The fourth-order valence-corrected chi connectivity index (χ4v) is 3.97. The van der Waals surface area contributed by atoms with Crippen LogP contribution in [-0.2, 0) is 4.79 Å². The van der Waals surface area contributed by atoms with Gasteiger partial charge >= 0.3 is 5.97 Å². The standard InChI is InChI=1S/C28H21Cl2N3O4/c1-17-6-8-19(9-7-17)27(35)31-16-26(34)33-32-15-23-21-5-3-2-4-18(21)10-13-25(23)37-28(36)22-12-11-20(29)14-24(22)30/h2-15H,16H2,1H3,(H,31,35)(H,33,34)/b32-15+. The first-order chi connectivity index (χ1) is 17.8. The summed E-state index contributed by atoms with van der Waals surface area (Å²) < 4.78 is 5.63. The number of halogens is 2. The second kappa shape index (κ2) is 11.7. The third-order valence-corrected chi connectivity index (χ3v) is 5.94. The Hall–Kier alpha value is -4.20. The van der Waals surface area contributed by atoms with Gasteiger partial charge in [0.05, 0.1) is 23.3 Å². The number of hydrogen-bond acceptors (Lipinski definition) is 5. The van der Waals surface area contributed by atoms with Crippen LogP contribution in [0.3, 0.4) is 0 Å². The van der Waals surface area contributed by atoms with Crippen molar-refractivity contribution in [3.63, 3.8) is 0 Å². The third kappa shape index (κ3) is 6.52. The highest BCUT2D eigenvalue weighted by molar-refractivity contribution is 6.36. The first kappa shape index (κ1) is 25.9. The van der Waals surface area contributed by atoms with Crippen LogP contribution in [0, 0.1) is 6.92 Å². The highest BCUT2D eigenvalue weighted by atomic mass is 35.5. The predicted molar refractivity (Wildman–Crippen MR) is 145 cm³/mol. The molecule has 2 amide bonds. The molecule has 0 radical (unpaired) electrons. The molecular weight excluding hydrogens is 513 g/mol. The topological polar surface area (TPSA) is 96.9 Å². The van der Waals surface area contributed by atoms with Gasteiger partial charge < -0.3 is 10.1 Å². The highest BCUT2D eigenvalue weighted by Crippen LogP contribution is 2.29. The van der Waals surface area contributed by atoms with Gasteiger partial charge in [-0.3, -0.25) is 9.59 Å². The molecule has 0 saturated carbocycles. The molecule has 186 valence electrons. The minimum atomic E-state index is -0.672. The smallest absolute Gasteiger partial charge is 0.345 e. The summed E-state index contributed by atoms with van der Waals surface area (Å²) in [6.07, 6.45) is 1.38. The largest absolute Gasteiger partial charge is 0.422 e. The quantitative estimate of drug-likeness (QED) is 0.141. The molecule has 0 aliphatic carbocycles. The average Bonchev–Trinajstić information content (AvgIpc) is 2.88. The number of amides is 2. The van der Waals surface area contributed by atoms with Crippen molar-refractivity contribution in [1.82, 2.24) is 10.7 Å². The van der Waals surface area contributed by atoms with Crippen molar-refractivity contribution in [3.8, 4) is 5.75 Å². The molecule has 0 aliphatic heterocycles. The van der Waals surface area contributed by atoms with E-state index in [-0.39, 0.29) is 28.8 Å². The van der Waals surface area contributed by atoms with Gasteiger partial charge in [-0.15, -0.1) is 0 Å². The molecular formula is C28H21Cl2N3O4. The van der Waals surface area contributed by atoms with Crippen LogP contribution in [0.5, 0.6) is 5.75 Å². The molecule has 0 aromatic heterocycles. The Morgan fingerprint density at radius 2 is 1.70 bits per heavy atom. The molecule has 37 heavy (non-hydrogen) atoms. The molecule has 0 spiro atoms. The van der Waals surface area contributed by atoms with Gasteiger partial charge in [-0.2, -0.15) is 5.10 Å². The Morgan fingerprint density at radius 3 is 2.46 bits per heavy atom. The van der Waals surface area contributed by atoms with Crippen molar-refractivity contribution in [3.05, 3.63) is 111 Å². The maximum atomic E-state index is 12.8. The van der Waals surface area contributed by atoms with Gasteiger partial charge in [-0.05, 0) is 54.1 Å². The molecule has 0 heterocycles. The summed E-state index contributed by atoms with van der Waals surface area (Å²) >= 11 is 12.1. The normalized spacial score (nSPS) is 10.9. The lowest BCUT2D eigenvalue weighted by Crippen LogP contribution is -2.34. The van der Waals surface area contributed by atoms with Crippen LogP contribution >= 0.6 is 23.2 Å². The molecule has 4 aromatic rings. The van der Waals surface area contributed by atoms with E-state index in [0.717, 1.165) is 16.3 Å². The van der Waals surface area contributed by atoms with Crippen LogP contribution in [0.25, 0.3) is 10.8 Å². The molecule has 0 aliphatic rings. The number of esters is 1. The Labute approximate surface area is 223 Å². The minimum absolute atomic E-state index is 0.153. The lowest BCUT2D eigenvalue weighted by atomic mass is 10.0. The number of nitrogens with zero attached hydrogens (tertiary/aromatic N) is 1. The van der Waals surface area contributed by atoms with Gasteiger partial charge in [-0.25, -0.2) is 10.2 Å². The lowest BCUT2D eigenvalue weighted by Gasteiger charge is -2.11. The zero-order chi connectivity index (χ0) is 26.4. The van der Waals surface area contributed by atoms with Gasteiger partial charge in [-0.1, -0.05) is 71.2 Å². The van der Waals surface area contributed by atoms with Crippen LogP contribution in [0.15, 0.2) is 84.0 Å². The zero-order valence-electron chi connectivity index (χ0n) is 19.6. The number of carbonyl (C=O) groups excluding carboxylic acids is 3. The molecule has 9 heteroatoms. The summed E-state index contributed by atoms with van der Waals surface area (Å²) in [5.41, 5.74) is 4.48. The van der Waals surface area contributed by atoms with E-state index in [4.69, 9.17) is 27.9 Å². The summed E-state index contributed by atoms with van der Waals surface area (Å²) in [6, 6.07) is 22.4. The highest BCUT2D eigenvalue weighted by Gasteiger charge is 2.16. The number of carbonyl (C=O) groups is 3. The summed E-state index contributed by atoms with van der Waals surface area (Å²) in [7, 11) is 0. The molecule has 7 nitrogen and oxygen atoms in total. The number of fused-ring (bicyclic) bond motifs is 1. The summed E-state index contributed by atoms with van der Waals surface area (Å²) in [6.45, 7) is 1.65. The maximum absolute atomic E-state index is 12.8. The van der Waals surface area contributed by atoms with E-state index >= 15 is 0 Å². The zero-order valence-corrected chi connectivity index (χ0v) is 21.1. The van der Waals surface area contributed by atoms with Crippen LogP contribution in [0.1, 0.15) is 31.8 Å². The summed E-state index contributed by atoms with van der Waals surface area (Å²) in [5.74, 6) is -1.35. The predicted octanol–water partition coefficient (Wildman–Crippen LogP) is 5.55. The van der Waals surface area contributed by atoms with Crippen molar-refractivity contribution in [2.45, 2.75) is 6.92 Å². The van der Waals surface area contributed by atoms with Crippen molar-refractivity contribution < 1.29 is 19.1 Å². The fourth-order valence-electron chi connectivity index (χ4n) is 3.48. The van der Waals surface area contributed by atoms with E-state index in [2.05, 4.69) is 15.8 Å². The number of hydrazone groups is 1. The molecule has 0 saturated heterocycles. The van der Waals surface area contributed by atoms with E-state index in [1.807, 2.05) is 43.3 Å². The van der Waals surface area contributed by atoms with Crippen LogP contribution in [-0.4, -0.2) is 30.5 Å². The first-order valence-electron chi connectivity index (χ1n) is 11.2. The number of benzene rings is 4. The molecule has 0 atom stereocenters. The number of nitrogens with one attached hydrogen (secondary N) is 2. The SMILES string of the molecule is Cc1ccc(C(=O)NCC(=O)N/N=C/c2c(OC(=O)c3ccc(Cl)cc3Cl)ccc3ccccc23)cc1. The summed E-state index contributed by atoms with van der Waals surface area (Å²) in [4.78, 5) is 37.3. The van der Waals surface area contributed by atoms with E-state index in [1.54, 1.807) is 30.3 Å². The Bertz CT molecular complexity index is 1520. The van der Waals surface area contributed by atoms with Crippen molar-refractivity contribution >= 4 is 58.0 Å². The maximum Gasteiger partial charge on any atom is 0.345 e. The molecule has 2 N–H and O–H groups in total. The molecule has 0 unspecified atom stereocenters. The van der Waals surface area contributed by atoms with Crippen molar-refractivity contribution in [2.24, 2.45) is 5.10 Å². The lowest BCUT2D eigenvalue weighted by molar-refractivity contribution is -0.120. The van der Waals surface area contributed by atoms with Crippen molar-refractivity contribution in [2.75, 3.05) is 6.54 Å². The van der Waals surface area contributed by atoms with E-state index < -0.39 is 11.9 Å². The van der Waals surface area contributed by atoms with Gasteiger partial charge in [0, 0.05) is 16.1 Å².